The number of anilines is 1. The molecule has 4 rings (SSSR count). The second-order valence-electron chi connectivity index (χ2n) is 7.75. The van der Waals surface area contributed by atoms with Crippen molar-refractivity contribution in [1.29, 1.82) is 0 Å². The van der Waals surface area contributed by atoms with Crippen LogP contribution in [0.3, 0.4) is 0 Å². The van der Waals surface area contributed by atoms with Crippen LogP contribution >= 0.6 is 0 Å². The minimum absolute atomic E-state index is 0.0876. The highest BCUT2D eigenvalue weighted by Crippen LogP contribution is 2.27. The Morgan fingerprint density at radius 1 is 1.14 bits per heavy atom. The highest BCUT2D eigenvalue weighted by Gasteiger charge is 2.35. The number of fused-ring (bicyclic) bond motifs is 1. The van der Waals surface area contributed by atoms with Gasteiger partial charge < -0.3 is 15.2 Å². The molecule has 7 heteroatoms. The van der Waals surface area contributed by atoms with E-state index in [0.717, 1.165) is 37.9 Å². The Hall–Kier alpha value is -2.67. The first-order chi connectivity index (χ1) is 13.5. The molecule has 1 aromatic heterocycles. The molecule has 1 aromatic carbocycles. The number of hydrogen-bond donors (Lipinski definition) is 2. The maximum atomic E-state index is 12.9. The van der Waals surface area contributed by atoms with Crippen LogP contribution in [-0.2, 0) is 0 Å². The van der Waals surface area contributed by atoms with Crippen molar-refractivity contribution in [1.82, 2.24) is 15.4 Å². The van der Waals surface area contributed by atoms with E-state index >= 15 is 0 Å². The zero-order valence-corrected chi connectivity index (χ0v) is 16.3. The molecule has 2 aliphatic heterocycles. The molecular weight excluding hydrogens is 356 g/mol. The molecule has 0 aliphatic carbocycles. The lowest BCUT2D eigenvalue weighted by molar-refractivity contribution is 0.0867. The highest BCUT2D eigenvalue weighted by atomic mass is 16.5. The first kappa shape index (κ1) is 18.7. The average molecular weight is 382 g/mol. The van der Waals surface area contributed by atoms with Crippen molar-refractivity contribution in [2.45, 2.75) is 51.6 Å². The molecule has 2 aliphatic rings. The maximum Gasteiger partial charge on any atom is 0.260 e. The van der Waals surface area contributed by atoms with Crippen LogP contribution in [0.4, 0.5) is 5.69 Å². The van der Waals surface area contributed by atoms with Gasteiger partial charge in [0.05, 0.1) is 6.20 Å². The van der Waals surface area contributed by atoms with E-state index < -0.39 is 0 Å². The van der Waals surface area contributed by atoms with Crippen molar-refractivity contribution in [3.05, 3.63) is 46.8 Å². The van der Waals surface area contributed by atoms with Crippen LogP contribution in [0.2, 0.25) is 0 Å². The van der Waals surface area contributed by atoms with Crippen LogP contribution < -0.4 is 10.6 Å². The normalized spacial score (nSPS) is 21.9. The second-order valence-corrected chi connectivity index (χ2v) is 7.75. The van der Waals surface area contributed by atoms with E-state index in [1.807, 2.05) is 13.0 Å². The Kier molecular flexibility index (Phi) is 5.17. The summed E-state index contributed by atoms with van der Waals surface area (Å²) in [6.07, 6.45) is 5.90. The predicted molar refractivity (Wildman–Crippen MR) is 105 cm³/mol. The third kappa shape index (κ3) is 3.67. The second kappa shape index (κ2) is 7.75. The van der Waals surface area contributed by atoms with E-state index in [0.29, 0.717) is 28.6 Å². The molecule has 0 saturated carbocycles. The van der Waals surface area contributed by atoms with Crippen molar-refractivity contribution in [3.8, 4) is 0 Å². The van der Waals surface area contributed by atoms with Gasteiger partial charge >= 0.3 is 0 Å². The van der Waals surface area contributed by atoms with Gasteiger partial charge in [-0.05, 0) is 70.3 Å². The van der Waals surface area contributed by atoms with Crippen molar-refractivity contribution in [3.63, 3.8) is 0 Å². The fourth-order valence-corrected chi connectivity index (χ4v) is 4.32. The molecule has 28 heavy (non-hydrogen) atoms. The van der Waals surface area contributed by atoms with E-state index in [4.69, 9.17) is 4.52 Å². The number of carbonyl (C=O) groups excluding carboxylic acids is 2. The summed E-state index contributed by atoms with van der Waals surface area (Å²) in [4.78, 5) is 27.8. The van der Waals surface area contributed by atoms with Crippen LogP contribution in [0.1, 0.15) is 57.7 Å². The smallest absolute Gasteiger partial charge is 0.260 e. The van der Waals surface area contributed by atoms with Crippen LogP contribution in [0, 0.1) is 13.8 Å². The quantitative estimate of drug-likeness (QED) is 0.849. The number of nitrogens with zero attached hydrogens (tertiary/aromatic N) is 2. The van der Waals surface area contributed by atoms with Crippen molar-refractivity contribution < 1.29 is 14.1 Å². The summed E-state index contributed by atoms with van der Waals surface area (Å²) in [7, 11) is 0. The number of aromatic nitrogens is 1. The van der Waals surface area contributed by atoms with Gasteiger partial charge in [-0.1, -0.05) is 11.2 Å². The minimum atomic E-state index is -0.298. The van der Waals surface area contributed by atoms with E-state index in [1.54, 1.807) is 19.1 Å². The fraction of sp³-hybridized carbons (Fsp3) is 0.476. The molecule has 2 fully saturated rings. The average Bonchev–Trinajstić information content (AvgIpc) is 3.32. The number of benzene rings is 1. The van der Waals surface area contributed by atoms with Crippen molar-refractivity contribution >= 4 is 17.5 Å². The molecule has 0 unspecified atom stereocenters. The predicted octanol–water partition coefficient (Wildman–Crippen LogP) is 2.90. The topological polar surface area (TPSA) is 87.5 Å². The molecule has 148 valence electrons. The molecule has 7 nitrogen and oxygen atoms in total. The van der Waals surface area contributed by atoms with Gasteiger partial charge in [-0.25, -0.2) is 0 Å². The molecule has 0 spiro atoms. The summed E-state index contributed by atoms with van der Waals surface area (Å²) in [5.41, 5.74) is 2.44. The summed E-state index contributed by atoms with van der Waals surface area (Å²) in [6, 6.07) is 6.05. The van der Waals surface area contributed by atoms with Crippen molar-refractivity contribution in [2.24, 2.45) is 0 Å². The Balaban J connectivity index is 1.47. The standard InChI is InChI=1S/C21H26N4O3/c1-13-7-8-15(11-18(13)24-21(27)16-12-22-28-14(16)2)20(26)23-17-5-3-9-25-10-4-6-19(17)25/h7-8,11-12,17,19H,3-6,9-10H2,1-2H3,(H,23,26)(H,24,27)/t17-,19-/m0/s1. The van der Waals surface area contributed by atoms with Gasteiger partial charge in [0.25, 0.3) is 11.8 Å². The van der Waals surface area contributed by atoms with Crippen LogP contribution in [0.15, 0.2) is 28.9 Å². The Morgan fingerprint density at radius 3 is 2.68 bits per heavy atom. The third-order valence-corrected chi connectivity index (χ3v) is 5.90. The van der Waals surface area contributed by atoms with Gasteiger partial charge in [-0.2, -0.15) is 0 Å². The summed E-state index contributed by atoms with van der Waals surface area (Å²) >= 11 is 0. The molecule has 2 amide bonds. The summed E-state index contributed by atoms with van der Waals surface area (Å²) < 4.78 is 4.96. The Morgan fingerprint density at radius 2 is 1.93 bits per heavy atom. The summed E-state index contributed by atoms with van der Waals surface area (Å²) in [6.45, 7) is 5.87. The monoisotopic (exact) mass is 382 g/mol. The fourth-order valence-electron chi connectivity index (χ4n) is 4.32. The number of aryl methyl sites for hydroxylation is 2. The van der Waals surface area contributed by atoms with Crippen LogP contribution in [-0.4, -0.2) is 47.0 Å². The first-order valence-electron chi connectivity index (χ1n) is 9.91. The lowest BCUT2D eigenvalue weighted by atomic mass is 9.96. The van der Waals surface area contributed by atoms with Crippen LogP contribution in [0.5, 0.6) is 0 Å². The number of piperidine rings is 1. The first-order valence-corrected chi connectivity index (χ1v) is 9.91. The van der Waals surface area contributed by atoms with Gasteiger partial charge in [0.2, 0.25) is 0 Å². The van der Waals surface area contributed by atoms with Crippen LogP contribution in [0.25, 0.3) is 0 Å². The largest absolute Gasteiger partial charge is 0.361 e. The van der Waals surface area contributed by atoms with E-state index in [1.165, 1.54) is 12.6 Å². The zero-order valence-electron chi connectivity index (χ0n) is 16.3. The van der Waals surface area contributed by atoms with Gasteiger partial charge in [-0.15, -0.1) is 0 Å². The lowest BCUT2D eigenvalue weighted by Crippen LogP contribution is -2.52. The number of amides is 2. The van der Waals surface area contributed by atoms with Gasteiger partial charge in [0.15, 0.2) is 0 Å². The highest BCUT2D eigenvalue weighted by molar-refractivity contribution is 6.06. The SMILES string of the molecule is Cc1ccc(C(=O)N[C@H]2CCCN3CCC[C@@H]23)cc1NC(=O)c1cnoc1C. The maximum absolute atomic E-state index is 12.9. The van der Waals surface area contributed by atoms with Gasteiger partial charge in [-0.3, -0.25) is 14.5 Å². The molecule has 0 radical (unpaired) electrons. The molecular formula is C21H26N4O3. The molecule has 2 aromatic rings. The van der Waals surface area contributed by atoms with Gasteiger partial charge in [0.1, 0.15) is 11.3 Å². The molecule has 2 saturated heterocycles. The number of rotatable bonds is 4. The summed E-state index contributed by atoms with van der Waals surface area (Å²) in [5.74, 6) is 0.0751. The zero-order chi connectivity index (χ0) is 19.7. The van der Waals surface area contributed by atoms with Gasteiger partial charge in [0, 0.05) is 23.3 Å². The molecule has 3 heterocycles. The lowest BCUT2D eigenvalue weighted by Gasteiger charge is -2.37. The molecule has 0 bridgehead atoms. The third-order valence-electron chi connectivity index (χ3n) is 5.90. The van der Waals surface area contributed by atoms with E-state index in [-0.39, 0.29) is 17.9 Å². The van der Waals surface area contributed by atoms with E-state index in [9.17, 15) is 9.59 Å². The minimum Gasteiger partial charge on any atom is -0.361 e. The number of hydrogen-bond acceptors (Lipinski definition) is 5. The Bertz CT molecular complexity index is 892. The van der Waals surface area contributed by atoms with E-state index in [2.05, 4.69) is 20.7 Å². The molecule has 2 atom stereocenters. The summed E-state index contributed by atoms with van der Waals surface area (Å²) in [5, 5.41) is 9.73. The van der Waals surface area contributed by atoms with Crippen molar-refractivity contribution in [2.75, 3.05) is 18.4 Å². The number of nitrogens with one attached hydrogen (secondary N) is 2. The number of carbonyl (C=O) groups is 2. The molecule has 2 N–H and O–H groups in total. The Labute approximate surface area is 164 Å².